The SMILES string of the molecule is C[Si](C)O[Si](C)(C)c1cccc(N=C=O)c1. The molecule has 0 aliphatic rings. The van der Waals surface area contributed by atoms with E-state index >= 15 is 0 Å². The van der Waals surface area contributed by atoms with E-state index in [-0.39, 0.29) is 0 Å². The van der Waals surface area contributed by atoms with Crippen molar-refractivity contribution >= 4 is 34.3 Å². The van der Waals surface area contributed by atoms with Gasteiger partial charge in [0.15, 0.2) is 9.04 Å². The average Bonchev–Trinajstić information content (AvgIpc) is 2.16. The predicted octanol–water partition coefficient (Wildman–Crippen LogP) is 2.33. The lowest BCUT2D eigenvalue weighted by molar-refractivity contribution is 0.565. The monoisotopic (exact) mass is 250 g/mol. The average molecular weight is 250 g/mol. The summed E-state index contributed by atoms with van der Waals surface area (Å²) in [5.74, 6) is 0. The number of hydrogen-bond donors (Lipinski definition) is 0. The number of nitrogens with zero attached hydrogens (tertiary/aromatic N) is 1. The van der Waals surface area contributed by atoms with Gasteiger partial charge in [0, 0.05) is 0 Å². The van der Waals surface area contributed by atoms with E-state index in [1.807, 2.05) is 18.2 Å². The van der Waals surface area contributed by atoms with Crippen molar-refractivity contribution in [2.75, 3.05) is 0 Å². The maximum Gasteiger partial charge on any atom is 0.240 e. The van der Waals surface area contributed by atoms with E-state index < -0.39 is 17.4 Å². The van der Waals surface area contributed by atoms with Gasteiger partial charge in [-0.05, 0) is 43.5 Å². The minimum atomic E-state index is -1.85. The second-order valence-corrected chi connectivity index (χ2v) is 10.5. The lowest BCUT2D eigenvalue weighted by Crippen LogP contribution is -2.47. The third-order valence-corrected chi connectivity index (χ3v) is 7.55. The molecule has 3 nitrogen and oxygen atoms in total. The summed E-state index contributed by atoms with van der Waals surface area (Å²) in [6.07, 6.45) is 1.56. The second-order valence-electron chi connectivity index (χ2n) is 4.27. The largest absolute Gasteiger partial charge is 0.452 e. The quantitative estimate of drug-likeness (QED) is 0.467. The Morgan fingerprint density at radius 2 is 2.06 bits per heavy atom. The van der Waals surface area contributed by atoms with Crippen molar-refractivity contribution in [3.05, 3.63) is 24.3 Å². The molecule has 0 aliphatic carbocycles. The summed E-state index contributed by atoms with van der Waals surface area (Å²) in [6.45, 7) is 8.59. The Balaban J connectivity index is 3.02. The first-order valence-electron chi connectivity index (χ1n) is 5.13. The summed E-state index contributed by atoms with van der Waals surface area (Å²) in [5.41, 5.74) is 0.651. The standard InChI is InChI=1S/C11H16NO2Si2/c1-15(2)14-16(3,4)11-7-5-6-10(8-11)12-9-13/h5-8H,1-4H3. The van der Waals surface area contributed by atoms with Crippen molar-refractivity contribution in [1.29, 1.82) is 0 Å². The third-order valence-electron chi connectivity index (χ3n) is 2.18. The smallest absolute Gasteiger partial charge is 0.240 e. The van der Waals surface area contributed by atoms with Crippen LogP contribution in [0.2, 0.25) is 26.2 Å². The van der Waals surface area contributed by atoms with Crippen LogP contribution < -0.4 is 5.19 Å². The lowest BCUT2D eigenvalue weighted by atomic mass is 10.3. The van der Waals surface area contributed by atoms with Crippen LogP contribution in [-0.4, -0.2) is 23.4 Å². The van der Waals surface area contributed by atoms with Crippen LogP contribution in [0.5, 0.6) is 0 Å². The van der Waals surface area contributed by atoms with Gasteiger partial charge in [0.25, 0.3) is 0 Å². The fourth-order valence-corrected chi connectivity index (χ4v) is 7.12. The van der Waals surface area contributed by atoms with Gasteiger partial charge in [-0.3, -0.25) is 0 Å². The number of rotatable bonds is 4. The minimum Gasteiger partial charge on any atom is -0.452 e. The summed E-state index contributed by atoms with van der Waals surface area (Å²) < 4.78 is 6.06. The van der Waals surface area contributed by atoms with E-state index in [2.05, 4.69) is 31.2 Å². The molecular formula is C11H16NO2Si2. The van der Waals surface area contributed by atoms with Gasteiger partial charge in [-0.25, -0.2) is 4.79 Å². The summed E-state index contributed by atoms with van der Waals surface area (Å²) in [7, 11) is -2.56. The molecule has 0 saturated heterocycles. The molecule has 0 fully saturated rings. The topological polar surface area (TPSA) is 38.7 Å². The van der Waals surface area contributed by atoms with Crippen LogP contribution in [-0.2, 0) is 8.91 Å². The van der Waals surface area contributed by atoms with E-state index in [1.165, 1.54) is 0 Å². The van der Waals surface area contributed by atoms with Gasteiger partial charge < -0.3 is 4.12 Å². The zero-order valence-electron chi connectivity index (χ0n) is 10.1. The Morgan fingerprint density at radius 3 is 2.62 bits per heavy atom. The van der Waals surface area contributed by atoms with Crippen LogP contribution in [0.4, 0.5) is 5.69 Å². The zero-order valence-corrected chi connectivity index (χ0v) is 12.1. The van der Waals surface area contributed by atoms with Crippen molar-refractivity contribution in [3.8, 4) is 0 Å². The zero-order chi connectivity index (χ0) is 12.2. The van der Waals surface area contributed by atoms with E-state index in [0.29, 0.717) is 5.69 Å². The molecule has 0 N–H and O–H groups in total. The van der Waals surface area contributed by atoms with Gasteiger partial charge >= 0.3 is 0 Å². The Bertz CT molecular complexity index is 412. The molecule has 1 aromatic rings. The summed E-state index contributed by atoms with van der Waals surface area (Å²) in [5, 5.41) is 1.16. The van der Waals surface area contributed by atoms with Crippen molar-refractivity contribution in [3.63, 3.8) is 0 Å². The molecule has 1 aromatic carbocycles. The van der Waals surface area contributed by atoms with E-state index in [1.54, 1.807) is 12.1 Å². The Labute approximate surface area is 99.0 Å². The van der Waals surface area contributed by atoms with Crippen LogP contribution in [0.3, 0.4) is 0 Å². The van der Waals surface area contributed by atoms with Crippen molar-refractivity contribution in [2.24, 2.45) is 4.99 Å². The molecule has 0 spiro atoms. The van der Waals surface area contributed by atoms with Gasteiger partial charge in [0.05, 0.1) is 5.69 Å². The van der Waals surface area contributed by atoms with Gasteiger partial charge in [-0.15, -0.1) is 0 Å². The van der Waals surface area contributed by atoms with Crippen molar-refractivity contribution < 1.29 is 8.91 Å². The van der Waals surface area contributed by atoms with Crippen LogP contribution in [0.15, 0.2) is 29.3 Å². The second kappa shape index (κ2) is 5.36. The van der Waals surface area contributed by atoms with Crippen molar-refractivity contribution in [2.45, 2.75) is 26.2 Å². The number of hydrogen-bond acceptors (Lipinski definition) is 3. The molecule has 16 heavy (non-hydrogen) atoms. The molecular weight excluding hydrogens is 234 g/mol. The highest BCUT2D eigenvalue weighted by atomic mass is 28.4. The summed E-state index contributed by atoms with van der Waals surface area (Å²) >= 11 is 0. The molecule has 85 valence electrons. The molecule has 0 saturated carbocycles. The molecule has 0 aromatic heterocycles. The maximum atomic E-state index is 10.2. The third kappa shape index (κ3) is 3.54. The summed E-state index contributed by atoms with van der Waals surface area (Å²) in [6, 6.07) is 7.66. The van der Waals surface area contributed by atoms with Crippen LogP contribution in [0.1, 0.15) is 0 Å². The number of isocyanates is 1. The molecule has 0 bridgehead atoms. The first kappa shape index (κ1) is 13.1. The fourth-order valence-electron chi connectivity index (χ4n) is 1.57. The Hall–Kier alpha value is -1.01. The minimum absolute atomic E-state index is 0.651. The first-order valence-corrected chi connectivity index (χ1v) is 10.4. The highest BCUT2D eigenvalue weighted by Gasteiger charge is 2.26. The molecule has 0 heterocycles. The normalized spacial score (nSPS) is 11.3. The van der Waals surface area contributed by atoms with Crippen LogP contribution in [0, 0.1) is 0 Å². The van der Waals surface area contributed by atoms with E-state index in [4.69, 9.17) is 4.12 Å². The molecule has 1 rings (SSSR count). The van der Waals surface area contributed by atoms with Gasteiger partial charge in [0.1, 0.15) is 0 Å². The maximum absolute atomic E-state index is 10.2. The molecule has 0 amide bonds. The molecule has 0 unspecified atom stereocenters. The van der Waals surface area contributed by atoms with Crippen LogP contribution in [0.25, 0.3) is 0 Å². The first-order chi connectivity index (χ1) is 7.45. The molecule has 5 heteroatoms. The van der Waals surface area contributed by atoms with Gasteiger partial charge in [-0.2, -0.15) is 4.99 Å². The van der Waals surface area contributed by atoms with Crippen LogP contribution >= 0.6 is 0 Å². The molecule has 0 aliphatic heterocycles. The number of carbonyl (C=O) groups excluding carboxylic acids is 1. The number of benzene rings is 1. The number of aliphatic imine (C=N–C) groups is 1. The Kier molecular flexibility index (Phi) is 4.38. The lowest BCUT2D eigenvalue weighted by Gasteiger charge is -2.25. The Morgan fingerprint density at radius 1 is 1.38 bits per heavy atom. The molecule has 0 atom stereocenters. The highest BCUT2D eigenvalue weighted by molar-refractivity contribution is 6.88. The molecule has 1 radical (unpaired) electrons. The predicted molar refractivity (Wildman–Crippen MR) is 69.9 cm³/mol. The van der Waals surface area contributed by atoms with Gasteiger partial charge in [0.2, 0.25) is 14.4 Å². The highest BCUT2D eigenvalue weighted by Crippen LogP contribution is 2.13. The van der Waals surface area contributed by atoms with Gasteiger partial charge in [-0.1, -0.05) is 12.1 Å². The van der Waals surface area contributed by atoms with E-state index in [9.17, 15) is 4.79 Å². The van der Waals surface area contributed by atoms with Crippen molar-refractivity contribution in [1.82, 2.24) is 0 Å². The fraction of sp³-hybridized carbons (Fsp3) is 0.364. The van der Waals surface area contributed by atoms with E-state index in [0.717, 1.165) is 5.19 Å². The summed E-state index contributed by atoms with van der Waals surface area (Å²) in [4.78, 5) is 13.8.